The first-order chi connectivity index (χ1) is 13.1. The average Bonchev–Trinajstić information content (AvgIpc) is 2.69. The van der Waals surface area contributed by atoms with Crippen molar-refractivity contribution in [1.29, 1.82) is 0 Å². The van der Waals surface area contributed by atoms with Crippen LogP contribution in [0.1, 0.15) is 18.4 Å². The number of aromatic nitrogens is 1. The Labute approximate surface area is 188 Å². The monoisotopic (exact) mass is 461 g/mol. The lowest BCUT2D eigenvalue weighted by Crippen LogP contribution is -2.47. The molecule has 9 heteroatoms. The number of halogens is 3. The van der Waals surface area contributed by atoms with Gasteiger partial charge in [-0.2, -0.15) is 0 Å². The summed E-state index contributed by atoms with van der Waals surface area (Å²) in [5.41, 5.74) is 1.09. The molecule has 1 fully saturated rings. The number of anilines is 1. The molecule has 3 rings (SSSR count). The molecule has 0 aliphatic carbocycles. The van der Waals surface area contributed by atoms with Crippen LogP contribution in [0.2, 0.25) is 5.02 Å². The zero-order chi connectivity index (χ0) is 19.1. The Morgan fingerprint density at radius 2 is 2.03 bits per heavy atom. The van der Waals surface area contributed by atoms with Crippen molar-refractivity contribution < 1.29 is 14.3 Å². The minimum absolute atomic E-state index is 0. The van der Waals surface area contributed by atoms with E-state index >= 15 is 0 Å². The maximum Gasteiger partial charge on any atom is 0.233 e. The molecule has 2 aromatic rings. The van der Waals surface area contributed by atoms with Gasteiger partial charge in [0, 0.05) is 30.8 Å². The zero-order valence-electron chi connectivity index (χ0n) is 16.2. The Morgan fingerprint density at radius 3 is 2.66 bits per heavy atom. The van der Waals surface area contributed by atoms with Crippen LogP contribution in [-0.4, -0.2) is 37.7 Å². The summed E-state index contributed by atoms with van der Waals surface area (Å²) in [5, 5.41) is 6.71. The molecule has 0 saturated carbocycles. The molecule has 2 heterocycles. The van der Waals surface area contributed by atoms with Gasteiger partial charge in [-0.15, -0.1) is 24.8 Å². The molecule has 1 aromatic heterocycles. The minimum Gasteiger partial charge on any atom is -0.487 e. The molecule has 0 radical (unpaired) electrons. The molecule has 6 nitrogen and oxygen atoms in total. The van der Waals surface area contributed by atoms with Gasteiger partial charge in [0.25, 0.3) is 0 Å². The smallest absolute Gasteiger partial charge is 0.233 e. The molecule has 0 unspecified atom stereocenters. The number of pyridine rings is 1. The van der Waals surface area contributed by atoms with E-state index in [0.717, 1.165) is 31.5 Å². The lowest BCUT2D eigenvalue weighted by molar-refractivity contribution is -0.130. The summed E-state index contributed by atoms with van der Waals surface area (Å²) in [6, 6.07) is 9.06. The van der Waals surface area contributed by atoms with Crippen LogP contribution in [0, 0.1) is 5.41 Å². The highest BCUT2D eigenvalue weighted by atomic mass is 35.5. The summed E-state index contributed by atoms with van der Waals surface area (Å²) in [4.78, 5) is 16.9. The van der Waals surface area contributed by atoms with Crippen molar-refractivity contribution in [2.75, 3.05) is 32.1 Å². The zero-order valence-corrected chi connectivity index (χ0v) is 18.5. The number of nitrogens with zero attached hydrogens (tertiary/aromatic N) is 1. The number of methoxy groups -OCH3 is 1. The molecule has 2 N–H and O–H groups in total. The number of nitrogens with one attached hydrogen (secondary N) is 2. The van der Waals surface area contributed by atoms with Crippen molar-refractivity contribution in [3.63, 3.8) is 0 Å². The predicted octanol–water partition coefficient (Wildman–Crippen LogP) is 4.11. The van der Waals surface area contributed by atoms with E-state index in [-0.39, 0.29) is 30.7 Å². The second kappa shape index (κ2) is 12.2. The molecule has 160 valence electrons. The number of benzene rings is 1. The summed E-state index contributed by atoms with van der Waals surface area (Å²) in [7, 11) is 1.63. The first-order valence-electron chi connectivity index (χ1n) is 8.95. The van der Waals surface area contributed by atoms with Crippen LogP contribution in [0.5, 0.6) is 5.75 Å². The van der Waals surface area contributed by atoms with E-state index in [1.165, 1.54) is 0 Å². The molecule has 0 bridgehead atoms. The van der Waals surface area contributed by atoms with Crippen LogP contribution in [0.15, 0.2) is 42.7 Å². The highest BCUT2D eigenvalue weighted by Gasteiger charge is 2.39. The van der Waals surface area contributed by atoms with Crippen LogP contribution in [-0.2, 0) is 16.1 Å². The SMILES string of the molecule is COCC1(C(=O)Nc2ccc(OCc3cccnc3)c(Cl)c2)CCNCC1.Cl.Cl. The molecule has 1 aliphatic heterocycles. The number of hydrogen-bond acceptors (Lipinski definition) is 5. The topological polar surface area (TPSA) is 72.5 Å². The maximum absolute atomic E-state index is 12.9. The van der Waals surface area contributed by atoms with Gasteiger partial charge in [0.15, 0.2) is 0 Å². The lowest BCUT2D eigenvalue weighted by Gasteiger charge is -2.35. The standard InChI is InChI=1S/C20H24ClN3O3.2ClH/c1-26-14-20(6-9-22-10-7-20)19(25)24-16-4-5-18(17(21)11-16)27-13-15-3-2-8-23-12-15;;/h2-5,8,11-12,22H,6-7,9-10,13-14H2,1H3,(H,24,25);2*1H. The number of carbonyl (C=O) groups is 1. The van der Waals surface area contributed by atoms with Crippen LogP contribution in [0.3, 0.4) is 0 Å². The molecule has 0 spiro atoms. The summed E-state index contributed by atoms with van der Waals surface area (Å²) in [6.07, 6.45) is 4.95. The van der Waals surface area contributed by atoms with Crippen LogP contribution in [0.25, 0.3) is 0 Å². The van der Waals surface area contributed by atoms with Gasteiger partial charge >= 0.3 is 0 Å². The molecule has 29 heavy (non-hydrogen) atoms. The fraction of sp³-hybridized carbons (Fsp3) is 0.400. The van der Waals surface area contributed by atoms with Gasteiger partial charge in [0.2, 0.25) is 5.91 Å². The second-order valence-electron chi connectivity index (χ2n) is 6.71. The largest absolute Gasteiger partial charge is 0.487 e. The van der Waals surface area contributed by atoms with E-state index in [2.05, 4.69) is 15.6 Å². The Kier molecular flexibility index (Phi) is 10.7. The predicted molar refractivity (Wildman–Crippen MR) is 120 cm³/mol. The highest BCUT2D eigenvalue weighted by Crippen LogP contribution is 2.33. The van der Waals surface area contributed by atoms with Crippen molar-refractivity contribution in [1.82, 2.24) is 10.3 Å². The number of carbonyl (C=O) groups excluding carboxylic acids is 1. The normalized spacial score (nSPS) is 14.8. The van der Waals surface area contributed by atoms with Crippen LogP contribution in [0.4, 0.5) is 5.69 Å². The Hall–Kier alpha value is -1.57. The van der Waals surface area contributed by atoms with Crippen molar-refractivity contribution in [3.8, 4) is 5.75 Å². The summed E-state index contributed by atoms with van der Waals surface area (Å²) in [5.74, 6) is 0.526. The highest BCUT2D eigenvalue weighted by molar-refractivity contribution is 6.32. The fourth-order valence-electron chi connectivity index (χ4n) is 3.22. The van der Waals surface area contributed by atoms with Gasteiger partial charge in [-0.3, -0.25) is 9.78 Å². The maximum atomic E-state index is 12.9. The van der Waals surface area contributed by atoms with E-state index in [0.29, 0.717) is 29.7 Å². The Balaban J connectivity index is 0.00000210. The number of ether oxygens (including phenoxy) is 2. The van der Waals surface area contributed by atoms with E-state index < -0.39 is 5.41 Å². The minimum atomic E-state index is -0.512. The Morgan fingerprint density at radius 1 is 1.28 bits per heavy atom. The Bertz CT molecular complexity index is 767. The van der Waals surface area contributed by atoms with Crippen molar-refractivity contribution in [2.24, 2.45) is 5.41 Å². The first kappa shape index (κ1) is 25.5. The fourth-order valence-corrected chi connectivity index (χ4v) is 3.46. The number of piperidine rings is 1. The summed E-state index contributed by atoms with van der Waals surface area (Å²) >= 11 is 6.33. The quantitative estimate of drug-likeness (QED) is 0.648. The van der Waals surface area contributed by atoms with Gasteiger partial charge in [0.05, 0.1) is 17.0 Å². The van der Waals surface area contributed by atoms with Gasteiger partial charge in [-0.1, -0.05) is 17.7 Å². The third kappa shape index (κ3) is 6.73. The summed E-state index contributed by atoms with van der Waals surface area (Å²) < 4.78 is 11.1. The summed E-state index contributed by atoms with van der Waals surface area (Å²) in [6.45, 7) is 2.39. The van der Waals surface area contributed by atoms with Gasteiger partial charge in [-0.25, -0.2) is 0 Å². The van der Waals surface area contributed by atoms with Gasteiger partial charge in [0.1, 0.15) is 12.4 Å². The van der Waals surface area contributed by atoms with E-state index in [4.69, 9.17) is 21.1 Å². The average molecular weight is 463 g/mol. The third-order valence-corrected chi connectivity index (χ3v) is 5.07. The molecular formula is C20H26Cl3N3O3. The number of rotatable bonds is 7. The lowest BCUT2D eigenvalue weighted by atomic mass is 9.78. The number of hydrogen-bond donors (Lipinski definition) is 2. The van der Waals surface area contributed by atoms with Gasteiger partial charge in [-0.05, 0) is 50.2 Å². The molecule has 1 amide bonds. The molecule has 0 atom stereocenters. The van der Waals surface area contributed by atoms with E-state index in [1.807, 2.05) is 12.1 Å². The van der Waals surface area contributed by atoms with E-state index in [9.17, 15) is 4.79 Å². The van der Waals surface area contributed by atoms with Crippen molar-refractivity contribution in [3.05, 3.63) is 53.3 Å². The van der Waals surface area contributed by atoms with E-state index in [1.54, 1.807) is 37.7 Å². The van der Waals surface area contributed by atoms with Crippen LogP contribution < -0.4 is 15.4 Å². The van der Waals surface area contributed by atoms with Crippen molar-refractivity contribution >= 4 is 48.0 Å². The van der Waals surface area contributed by atoms with Crippen LogP contribution >= 0.6 is 36.4 Å². The number of amides is 1. The molecular weight excluding hydrogens is 437 g/mol. The molecule has 1 saturated heterocycles. The molecule has 1 aliphatic rings. The van der Waals surface area contributed by atoms with Crippen molar-refractivity contribution in [2.45, 2.75) is 19.4 Å². The third-order valence-electron chi connectivity index (χ3n) is 4.77. The van der Waals surface area contributed by atoms with Gasteiger partial charge < -0.3 is 20.1 Å². The first-order valence-corrected chi connectivity index (χ1v) is 9.33. The molecule has 1 aromatic carbocycles. The second-order valence-corrected chi connectivity index (χ2v) is 7.12.